The summed E-state index contributed by atoms with van der Waals surface area (Å²) >= 11 is 0. The molecule has 1 fully saturated rings. The van der Waals surface area contributed by atoms with Crippen LogP contribution in [0.15, 0.2) is 40.9 Å². The first-order valence-corrected chi connectivity index (χ1v) is 8.37. The summed E-state index contributed by atoms with van der Waals surface area (Å²) in [6.07, 6.45) is 2.41. The number of anilines is 1. The zero-order valence-electron chi connectivity index (χ0n) is 14.0. The fraction of sp³-hybridized carbons (Fsp3) is 0.389. The van der Waals surface area contributed by atoms with Crippen molar-refractivity contribution in [3.05, 3.63) is 47.9 Å². The van der Waals surface area contributed by atoms with Gasteiger partial charge in [0.25, 0.3) is 5.91 Å². The Hall–Kier alpha value is -2.83. The summed E-state index contributed by atoms with van der Waals surface area (Å²) in [4.78, 5) is 24.1. The SMILES string of the molecule is Cc1cc(C(=O)N[C@H]2CCC[C@@H](OC(=O)Nc3ccccc3)C2)no1. The number of aryl methyl sites for hydroxylation is 1. The number of carbonyl (C=O) groups is 2. The maximum atomic E-state index is 12.1. The highest BCUT2D eigenvalue weighted by molar-refractivity contribution is 5.92. The highest BCUT2D eigenvalue weighted by atomic mass is 16.6. The van der Waals surface area contributed by atoms with E-state index >= 15 is 0 Å². The molecule has 0 spiro atoms. The van der Waals surface area contributed by atoms with E-state index in [1.807, 2.05) is 18.2 Å². The highest BCUT2D eigenvalue weighted by Gasteiger charge is 2.27. The minimum Gasteiger partial charge on any atom is -0.446 e. The van der Waals surface area contributed by atoms with Gasteiger partial charge in [0.2, 0.25) is 0 Å². The molecule has 132 valence electrons. The van der Waals surface area contributed by atoms with E-state index in [9.17, 15) is 9.59 Å². The summed E-state index contributed by atoms with van der Waals surface area (Å²) in [7, 11) is 0. The summed E-state index contributed by atoms with van der Waals surface area (Å²) in [5, 5.41) is 9.34. The van der Waals surface area contributed by atoms with Gasteiger partial charge in [0.1, 0.15) is 11.9 Å². The predicted octanol–water partition coefficient (Wildman–Crippen LogP) is 3.27. The molecule has 0 unspecified atom stereocenters. The third-order valence-corrected chi connectivity index (χ3v) is 4.12. The van der Waals surface area contributed by atoms with Crippen molar-refractivity contribution in [3.63, 3.8) is 0 Å². The number of hydrogen-bond acceptors (Lipinski definition) is 5. The molecule has 2 aromatic rings. The van der Waals surface area contributed by atoms with Crippen molar-refractivity contribution in [2.45, 2.75) is 44.8 Å². The number of aromatic nitrogens is 1. The molecule has 1 aromatic carbocycles. The topological polar surface area (TPSA) is 93.5 Å². The first-order chi connectivity index (χ1) is 12.1. The molecule has 0 bridgehead atoms. The van der Waals surface area contributed by atoms with Gasteiger partial charge in [-0.2, -0.15) is 0 Å². The normalized spacial score (nSPS) is 19.9. The zero-order chi connectivity index (χ0) is 17.6. The van der Waals surface area contributed by atoms with Crippen molar-refractivity contribution in [2.75, 3.05) is 5.32 Å². The summed E-state index contributed by atoms with van der Waals surface area (Å²) in [5.74, 6) is 0.323. The molecular formula is C18H21N3O4. The van der Waals surface area contributed by atoms with Gasteiger partial charge in [0, 0.05) is 24.2 Å². The van der Waals surface area contributed by atoms with Crippen LogP contribution in [0.1, 0.15) is 41.9 Å². The molecule has 1 saturated carbocycles. The van der Waals surface area contributed by atoms with Gasteiger partial charge in [-0.25, -0.2) is 4.79 Å². The van der Waals surface area contributed by atoms with E-state index in [1.165, 1.54) is 0 Å². The van der Waals surface area contributed by atoms with E-state index in [0.717, 1.165) is 19.3 Å². The Bertz CT molecular complexity index is 729. The summed E-state index contributed by atoms with van der Waals surface area (Å²) in [6, 6.07) is 10.7. The lowest BCUT2D eigenvalue weighted by atomic mass is 9.92. The van der Waals surface area contributed by atoms with Gasteiger partial charge in [-0.1, -0.05) is 23.4 Å². The van der Waals surface area contributed by atoms with Crippen LogP contribution in [-0.2, 0) is 4.74 Å². The van der Waals surface area contributed by atoms with Gasteiger partial charge < -0.3 is 14.6 Å². The Morgan fingerprint density at radius 1 is 1.24 bits per heavy atom. The molecule has 2 N–H and O–H groups in total. The maximum absolute atomic E-state index is 12.1. The molecule has 0 radical (unpaired) electrons. The second-order valence-corrected chi connectivity index (χ2v) is 6.18. The number of carbonyl (C=O) groups excluding carboxylic acids is 2. The van der Waals surface area contributed by atoms with Gasteiger partial charge >= 0.3 is 6.09 Å². The van der Waals surface area contributed by atoms with E-state index in [4.69, 9.17) is 9.26 Å². The van der Waals surface area contributed by atoms with Gasteiger partial charge in [-0.15, -0.1) is 0 Å². The van der Waals surface area contributed by atoms with Crippen molar-refractivity contribution < 1.29 is 18.8 Å². The molecule has 0 aliphatic heterocycles. The van der Waals surface area contributed by atoms with Gasteiger partial charge in [0.15, 0.2) is 5.69 Å². The lowest BCUT2D eigenvalue weighted by Crippen LogP contribution is -2.41. The van der Waals surface area contributed by atoms with Gasteiger partial charge in [0.05, 0.1) is 0 Å². The fourth-order valence-corrected chi connectivity index (χ4v) is 2.94. The van der Waals surface area contributed by atoms with Crippen LogP contribution in [0.25, 0.3) is 0 Å². The van der Waals surface area contributed by atoms with E-state index < -0.39 is 6.09 Å². The average molecular weight is 343 g/mol. The Morgan fingerprint density at radius 3 is 2.76 bits per heavy atom. The molecule has 1 aromatic heterocycles. The number of hydrogen-bond donors (Lipinski definition) is 2. The zero-order valence-corrected chi connectivity index (χ0v) is 14.0. The molecule has 0 saturated heterocycles. The van der Waals surface area contributed by atoms with E-state index in [-0.39, 0.29) is 23.7 Å². The lowest BCUT2D eigenvalue weighted by Gasteiger charge is -2.29. The van der Waals surface area contributed by atoms with Gasteiger partial charge in [-0.05, 0) is 38.3 Å². The number of amides is 2. The molecule has 2 atom stereocenters. The minimum atomic E-state index is -0.477. The standard InChI is InChI=1S/C18H21N3O4/c1-12-10-16(21-25-12)17(22)19-14-8-5-9-15(11-14)24-18(23)20-13-6-3-2-4-7-13/h2-4,6-7,10,14-15H,5,8-9,11H2,1H3,(H,19,22)(H,20,23)/t14-,15+/m0/s1. The van der Waals surface area contributed by atoms with E-state index in [1.54, 1.807) is 25.1 Å². The second-order valence-electron chi connectivity index (χ2n) is 6.18. The largest absolute Gasteiger partial charge is 0.446 e. The summed E-state index contributed by atoms with van der Waals surface area (Å²) < 4.78 is 10.4. The number of nitrogens with zero attached hydrogens (tertiary/aromatic N) is 1. The number of rotatable bonds is 4. The van der Waals surface area contributed by atoms with Crippen molar-refractivity contribution in [3.8, 4) is 0 Å². The van der Waals surface area contributed by atoms with Crippen LogP contribution in [-0.4, -0.2) is 29.3 Å². The summed E-state index contributed by atoms with van der Waals surface area (Å²) in [6.45, 7) is 1.74. The molecule has 7 heteroatoms. The fourth-order valence-electron chi connectivity index (χ4n) is 2.94. The number of nitrogens with one attached hydrogen (secondary N) is 2. The van der Waals surface area contributed by atoms with Crippen LogP contribution in [0.5, 0.6) is 0 Å². The van der Waals surface area contributed by atoms with Crippen LogP contribution >= 0.6 is 0 Å². The van der Waals surface area contributed by atoms with Crippen LogP contribution in [0.3, 0.4) is 0 Å². The Kier molecular flexibility index (Phi) is 5.33. The van der Waals surface area contributed by atoms with Crippen molar-refractivity contribution in [1.82, 2.24) is 10.5 Å². The van der Waals surface area contributed by atoms with E-state index in [0.29, 0.717) is 17.9 Å². The first kappa shape index (κ1) is 17.0. The Morgan fingerprint density at radius 2 is 2.04 bits per heavy atom. The molecule has 3 rings (SSSR count). The number of benzene rings is 1. The third-order valence-electron chi connectivity index (χ3n) is 4.12. The quantitative estimate of drug-likeness (QED) is 0.888. The van der Waals surface area contributed by atoms with Crippen molar-refractivity contribution >= 4 is 17.7 Å². The first-order valence-electron chi connectivity index (χ1n) is 8.37. The summed E-state index contributed by atoms with van der Waals surface area (Å²) in [5.41, 5.74) is 0.955. The van der Waals surface area contributed by atoms with Crippen LogP contribution in [0.4, 0.5) is 10.5 Å². The van der Waals surface area contributed by atoms with Crippen LogP contribution < -0.4 is 10.6 Å². The maximum Gasteiger partial charge on any atom is 0.411 e. The van der Waals surface area contributed by atoms with Crippen molar-refractivity contribution in [1.29, 1.82) is 0 Å². The highest BCUT2D eigenvalue weighted by Crippen LogP contribution is 2.22. The lowest BCUT2D eigenvalue weighted by molar-refractivity contribution is 0.0709. The molecule has 1 heterocycles. The molecular weight excluding hydrogens is 322 g/mol. The smallest absolute Gasteiger partial charge is 0.411 e. The van der Waals surface area contributed by atoms with Crippen LogP contribution in [0, 0.1) is 6.92 Å². The third kappa shape index (κ3) is 4.82. The minimum absolute atomic E-state index is 0.0484. The molecule has 2 amide bonds. The van der Waals surface area contributed by atoms with Crippen molar-refractivity contribution in [2.24, 2.45) is 0 Å². The molecule has 1 aliphatic carbocycles. The van der Waals surface area contributed by atoms with Gasteiger partial charge in [-0.3, -0.25) is 10.1 Å². The second kappa shape index (κ2) is 7.83. The predicted molar refractivity (Wildman–Crippen MR) is 91.3 cm³/mol. The van der Waals surface area contributed by atoms with Crippen LogP contribution in [0.2, 0.25) is 0 Å². The average Bonchev–Trinajstić information content (AvgIpc) is 3.02. The Balaban J connectivity index is 1.49. The molecule has 1 aliphatic rings. The number of ether oxygens (including phenoxy) is 1. The monoisotopic (exact) mass is 343 g/mol. The molecule has 7 nitrogen and oxygen atoms in total. The Labute approximate surface area is 145 Å². The van der Waals surface area contributed by atoms with E-state index in [2.05, 4.69) is 15.8 Å². The number of para-hydroxylation sites is 1. The molecule has 25 heavy (non-hydrogen) atoms.